The number of carbonyl (C=O) groups is 1. The molecule has 31 heavy (non-hydrogen) atoms. The van der Waals surface area contributed by atoms with Crippen LogP contribution < -0.4 is 10.1 Å². The predicted octanol–water partition coefficient (Wildman–Crippen LogP) is 4.43. The molecule has 0 aliphatic rings. The Morgan fingerprint density at radius 2 is 1.94 bits per heavy atom. The Morgan fingerprint density at radius 1 is 1.10 bits per heavy atom. The molecule has 0 bridgehead atoms. The van der Waals surface area contributed by atoms with Gasteiger partial charge >= 0.3 is 0 Å². The Hall–Kier alpha value is -3.36. The van der Waals surface area contributed by atoms with Crippen molar-refractivity contribution in [3.63, 3.8) is 0 Å². The Kier molecular flexibility index (Phi) is 6.20. The Morgan fingerprint density at radius 3 is 2.77 bits per heavy atom. The van der Waals surface area contributed by atoms with Crippen LogP contribution in [0, 0.1) is 6.92 Å². The van der Waals surface area contributed by atoms with E-state index in [1.165, 1.54) is 10.2 Å². The number of ether oxygens (including phenoxy) is 1. The lowest BCUT2D eigenvalue weighted by atomic mass is 10.1. The summed E-state index contributed by atoms with van der Waals surface area (Å²) in [6, 6.07) is 14.8. The molecule has 2 heterocycles. The zero-order chi connectivity index (χ0) is 21.8. The summed E-state index contributed by atoms with van der Waals surface area (Å²) >= 11 is 12.1. The zero-order valence-electron chi connectivity index (χ0n) is 16.5. The van der Waals surface area contributed by atoms with E-state index in [-0.39, 0.29) is 18.4 Å². The predicted molar refractivity (Wildman–Crippen MR) is 118 cm³/mol. The number of rotatable bonds is 7. The van der Waals surface area contributed by atoms with Crippen molar-refractivity contribution >= 4 is 35.1 Å². The van der Waals surface area contributed by atoms with Crippen LogP contribution in [0.5, 0.6) is 5.75 Å². The molecule has 1 N–H and O–H groups in total. The molecule has 0 fully saturated rings. The largest absolute Gasteiger partial charge is 0.470 e. The van der Waals surface area contributed by atoms with Gasteiger partial charge in [0.2, 0.25) is 5.95 Å². The minimum absolute atomic E-state index is 0.0662. The summed E-state index contributed by atoms with van der Waals surface area (Å²) < 4.78 is 8.73. The Bertz CT molecular complexity index is 1220. The fourth-order valence-electron chi connectivity index (χ4n) is 2.88. The number of aromatic nitrogens is 5. The van der Waals surface area contributed by atoms with Crippen molar-refractivity contribution in [2.24, 2.45) is 0 Å². The molecule has 0 atom stereocenters. The van der Waals surface area contributed by atoms with Gasteiger partial charge in [-0.3, -0.25) is 10.1 Å². The van der Waals surface area contributed by atoms with Crippen molar-refractivity contribution in [1.82, 2.24) is 24.5 Å². The maximum Gasteiger partial charge on any atom is 0.278 e. The van der Waals surface area contributed by atoms with Crippen LogP contribution in [0.25, 0.3) is 0 Å². The third-order valence-corrected chi connectivity index (χ3v) is 5.13. The SMILES string of the molecule is Cc1cccc(Cn2cnc(NC(=O)c3ccn(COc4cccc(Cl)c4Cl)n3)n2)c1. The van der Waals surface area contributed by atoms with E-state index in [1.807, 2.05) is 25.1 Å². The molecular weight excluding hydrogens is 439 g/mol. The Balaban J connectivity index is 1.35. The molecule has 2 aromatic heterocycles. The monoisotopic (exact) mass is 456 g/mol. The van der Waals surface area contributed by atoms with E-state index >= 15 is 0 Å². The molecule has 8 nitrogen and oxygen atoms in total. The maximum atomic E-state index is 12.5. The quantitative estimate of drug-likeness (QED) is 0.444. The molecule has 4 rings (SSSR count). The van der Waals surface area contributed by atoms with Gasteiger partial charge in [0.1, 0.15) is 17.1 Å². The second-order valence-electron chi connectivity index (χ2n) is 6.77. The van der Waals surface area contributed by atoms with Crippen LogP contribution in [0.3, 0.4) is 0 Å². The first-order chi connectivity index (χ1) is 15.0. The zero-order valence-corrected chi connectivity index (χ0v) is 18.0. The highest BCUT2D eigenvalue weighted by atomic mass is 35.5. The smallest absolute Gasteiger partial charge is 0.278 e. The van der Waals surface area contributed by atoms with Crippen LogP contribution in [-0.2, 0) is 13.3 Å². The number of nitrogens with one attached hydrogen (secondary N) is 1. The average Bonchev–Trinajstić information content (AvgIpc) is 3.39. The first-order valence-corrected chi connectivity index (χ1v) is 10.1. The third-order valence-electron chi connectivity index (χ3n) is 4.33. The van der Waals surface area contributed by atoms with Gasteiger partial charge in [-0.15, -0.1) is 5.10 Å². The van der Waals surface area contributed by atoms with Crippen LogP contribution >= 0.6 is 23.2 Å². The molecule has 0 aliphatic heterocycles. The van der Waals surface area contributed by atoms with Gasteiger partial charge in [0.05, 0.1) is 11.6 Å². The van der Waals surface area contributed by atoms with E-state index in [2.05, 4.69) is 26.6 Å². The minimum Gasteiger partial charge on any atom is -0.470 e. The molecule has 4 aromatic rings. The molecule has 0 radical (unpaired) electrons. The molecule has 158 valence electrons. The standard InChI is InChI=1S/C21H18Cl2N6O2/c1-14-4-2-5-15(10-14)11-29-12-24-21(27-29)25-20(30)17-8-9-28(26-17)13-31-18-7-3-6-16(22)19(18)23/h2-10,12H,11,13H2,1H3,(H,25,27,30). The molecule has 0 saturated carbocycles. The summed E-state index contributed by atoms with van der Waals surface area (Å²) in [5.74, 6) is 0.209. The van der Waals surface area contributed by atoms with Crippen LogP contribution in [0.4, 0.5) is 5.95 Å². The van der Waals surface area contributed by atoms with Crippen molar-refractivity contribution in [2.45, 2.75) is 20.2 Å². The number of anilines is 1. The lowest BCUT2D eigenvalue weighted by Crippen LogP contribution is -2.15. The summed E-state index contributed by atoms with van der Waals surface area (Å²) in [5.41, 5.74) is 2.47. The van der Waals surface area contributed by atoms with E-state index in [9.17, 15) is 4.79 Å². The van der Waals surface area contributed by atoms with E-state index in [0.717, 1.165) is 5.56 Å². The van der Waals surface area contributed by atoms with Gasteiger partial charge in [0, 0.05) is 6.20 Å². The van der Waals surface area contributed by atoms with Gasteiger partial charge in [-0.1, -0.05) is 59.1 Å². The van der Waals surface area contributed by atoms with Crippen LogP contribution in [0.2, 0.25) is 10.0 Å². The number of nitrogens with zero attached hydrogens (tertiary/aromatic N) is 5. The molecule has 1 amide bonds. The molecule has 0 aliphatic carbocycles. The second-order valence-corrected chi connectivity index (χ2v) is 7.56. The third kappa shape index (κ3) is 5.22. The number of carbonyl (C=O) groups excluding carboxylic acids is 1. The minimum atomic E-state index is -0.423. The van der Waals surface area contributed by atoms with Crippen molar-refractivity contribution in [1.29, 1.82) is 0 Å². The summed E-state index contributed by atoms with van der Waals surface area (Å²) in [6.07, 6.45) is 3.19. The van der Waals surface area contributed by atoms with Gasteiger partial charge in [0.25, 0.3) is 5.91 Å². The fourth-order valence-corrected chi connectivity index (χ4v) is 3.22. The Labute approximate surface area is 188 Å². The number of hydrogen-bond acceptors (Lipinski definition) is 5. The van der Waals surface area contributed by atoms with Crippen LogP contribution in [-0.4, -0.2) is 30.5 Å². The van der Waals surface area contributed by atoms with Crippen molar-refractivity contribution in [3.05, 3.63) is 87.9 Å². The second kappa shape index (κ2) is 9.20. The number of amides is 1. The molecule has 0 unspecified atom stereocenters. The highest BCUT2D eigenvalue weighted by Crippen LogP contribution is 2.31. The molecule has 0 spiro atoms. The molecule has 10 heteroatoms. The van der Waals surface area contributed by atoms with E-state index < -0.39 is 5.91 Å². The van der Waals surface area contributed by atoms with Crippen molar-refractivity contribution in [3.8, 4) is 5.75 Å². The van der Waals surface area contributed by atoms with Gasteiger partial charge < -0.3 is 4.74 Å². The van der Waals surface area contributed by atoms with Gasteiger partial charge in [0.15, 0.2) is 12.4 Å². The summed E-state index contributed by atoms with van der Waals surface area (Å²) in [5, 5.41) is 11.8. The van der Waals surface area contributed by atoms with Gasteiger partial charge in [-0.2, -0.15) is 5.10 Å². The number of hydrogen-bond donors (Lipinski definition) is 1. The highest BCUT2D eigenvalue weighted by Gasteiger charge is 2.13. The molecule has 2 aromatic carbocycles. The van der Waals surface area contributed by atoms with E-state index in [1.54, 1.807) is 41.5 Å². The number of benzene rings is 2. The summed E-state index contributed by atoms with van der Waals surface area (Å²) in [7, 11) is 0. The van der Waals surface area contributed by atoms with E-state index in [4.69, 9.17) is 27.9 Å². The average molecular weight is 457 g/mol. The summed E-state index contributed by atoms with van der Waals surface area (Å²) in [4.78, 5) is 16.6. The first-order valence-electron chi connectivity index (χ1n) is 9.34. The van der Waals surface area contributed by atoms with Crippen molar-refractivity contribution in [2.75, 3.05) is 5.32 Å². The number of aryl methyl sites for hydroxylation is 1. The molecular formula is C21H18Cl2N6O2. The normalized spacial score (nSPS) is 10.8. The lowest BCUT2D eigenvalue weighted by Gasteiger charge is -2.08. The lowest BCUT2D eigenvalue weighted by molar-refractivity contribution is 0.101. The van der Waals surface area contributed by atoms with Gasteiger partial charge in [-0.05, 0) is 30.7 Å². The van der Waals surface area contributed by atoms with E-state index in [0.29, 0.717) is 22.3 Å². The first kappa shape index (κ1) is 20.9. The van der Waals surface area contributed by atoms with Gasteiger partial charge in [-0.25, -0.2) is 14.3 Å². The highest BCUT2D eigenvalue weighted by molar-refractivity contribution is 6.42. The van der Waals surface area contributed by atoms with Crippen LogP contribution in [0.1, 0.15) is 21.6 Å². The van der Waals surface area contributed by atoms with Crippen molar-refractivity contribution < 1.29 is 9.53 Å². The molecule has 0 saturated heterocycles. The van der Waals surface area contributed by atoms with Crippen LogP contribution in [0.15, 0.2) is 61.1 Å². The maximum absolute atomic E-state index is 12.5. The number of halogens is 2. The fraction of sp³-hybridized carbons (Fsp3) is 0.143. The topological polar surface area (TPSA) is 86.9 Å². The summed E-state index contributed by atoms with van der Waals surface area (Å²) in [6.45, 7) is 2.66.